The van der Waals surface area contributed by atoms with Gasteiger partial charge in [-0.1, -0.05) is 31.2 Å². The van der Waals surface area contributed by atoms with Crippen molar-refractivity contribution in [1.82, 2.24) is 0 Å². The van der Waals surface area contributed by atoms with Crippen molar-refractivity contribution >= 4 is 0 Å². The van der Waals surface area contributed by atoms with E-state index in [4.69, 9.17) is 4.74 Å². The molecule has 4 heteroatoms. The van der Waals surface area contributed by atoms with Crippen LogP contribution in [0, 0.1) is 11.3 Å². The molecule has 0 aromatic rings. The SMILES string of the molecule is C=C1/C(=C\C=C2/CCC[C@]3(C)[C@@H](OCCCC(C)(C)O)CC[C@@H]23)C[C@@H](O)C[C@@H]1O. The van der Waals surface area contributed by atoms with E-state index in [1.807, 2.05) is 13.8 Å². The van der Waals surface area contributed by atoms with Gasteiger partial charge in [-0.05, 0) is 82.3 Å². The van der Waals surface area contributed by atoms with Crippen molar-refractivity contribution < 1.29 is 20.1 Å². The molecule has 0 aromatic heterocycles. The summed E-state index contributed by atoms with van der Waals surface area (Å²) in [6.07, 6.45) is 11.9. The summed E-state index contributed by atoms with van der Waals surface area (Å²) in [4.78, 5) is 0. The number of hydrogen-bond donors (Lipinski definition) is 3. The Hall–Kier alpha value is -0.940. The fraction of sp³-hybridized carbons (Fsp3) is 0.760. The number of aliphatic hydroxyl groups excluding tert-OH is 2. The zero-order valence-electron chi connectivity index (χ0n) is 18.5. The summed E-state index contributed by atoms with van der Waals surface area (Å²) in [7, 11) is 0. The minimum absolute atomic E-state index is 0.180. The van der Waals surface area contributed by atoms with E-state index in [0.717, 1.165) is 49.9 Å². The van der Waals surface area contributed by atoms with Crippen molar-refractivity contribution in [3.63, 3.8) is 0 Å². The molecule has 3 aliphatic rings. The van der Waals surface area contributed by atoms with Crippen LogP contribution in [-0.2, 0) is 4.74 Å². The smallest absolute Gasteiger partial charge is 0.0811 e. The van der Waals surface area contributed by atoms with Gasteiger partial charge < -0.3 is 20.1 Å². The topological polar surface area (TPSA) is 69.9 Å². The molecule has 3 fully saturated rings. The highest BCUT2D eigenvalue weighted by molar-refractivity contribution is 5.38. The van der Waals surface area contributed by atoms with Gasteiger partial charge in [-0.3, -0.25) is 0 Å². The molecule has 0 aromatic carbocycles. The van der Waals surface area contributed by atoms with Crippen molar-refractivity contribution in [1.29, 1.82) is 0 Å². The molecule has 0 bridgehead atoms. The number of aliphatic hydroxyl groups is 3. The maximum atomic E-state index is 10.1. The molecule has 0 amide bonds. The van der Waals surface area contributed by atoms with Crippen molar-refractivity contribution in [3.8, 4) is 0 Å². The maximum Gasteiger partial charge on any atom is 0.0811 e. The highest BCUT2D eigenvalue weighted by Crippen LogP contribution is 2.55. The monoisotopic (exact) mass is 404 g/mol. The second-order valence-corrected chi connectivity index (χ2v) is 10.3. The first-order valence-electron chi connectivity index (χ1n) is 11.4. The first-order chi connectivity index (χ1) is 13.6. The zero-order chi connectivity index (χ0) is 21.2. The minimum atomic E-state index is -0.631. The van der Waals surface area contributed by atoms with Gasteiger partial charge in [0.25, 0.3) is 0 Å². The lowest BCUT2D eigenvalue weighted by Crippen LogP contribution is -2.38. The van der Waals surface area contributed by atoms with Crippen LogP contribution in [0.5, 0.6) is 0 Å². The Bertz CT molecular complexity index is 656. The van der Waals surface area contributed by atoms with Crippen molar-refractivity contribution in [3.05, 3.63) is 35.5 Å². The van der Waals surface area contributed by atoms with Gasteiger partial charge in [0.05, 0.1) is 23.9 Å². The summed E-state index contributed by atoms with van der Waals surface area (Å²) in [5.74, 6) is 0.541. The van der Waals surface area contributed by atoms with Crippen LogP contribution < -0.4 is 0 Å². The predicted octanol–water partition coefficient (Wildman–Crippen LogP) is 4.45. The van der Waals surface area contributed by atoms with Gasteiger partial charge in [-0.25, -0.2) is 0 Å². The van der Waals surface area contributed by atoms with Gasteiger partial charge in [0.15, 0.2) is 0 Å². The molecule has 164 valence electrons. The summed E-state index contributed by atoms with van der Waals surface area (Å²) in [6, 6.07) is 0. The van der Waals surface area contributed by atoms with Crippen LogP contribution in [0.4, 0.5) is 0 Å². The first kappa shape index (κ1) is 22.7. The molecule has 0 saturated heterocycles. The highest BCUT2D eigenvalue weighted by atomic mass is 16.5. The minimum Gasteiger partial charge on any atom is -0.393 e. The largest absolute Gasteiger partial charge is 0.393 e. The van der Waals surface area contributed by atoms with Crippen LogP contribution in [0.2, 0.25) is 0 Å². The number of allylic oxidation sites excluding steroid dienone is 3. The average molecular weight is 405 g/mol. The van der Waals surface area contributed by atoms with Crippen molar-refractivity contribution in [2.45, 2.75) is 102 Å². The molecule has 3 aliphatic carbocycles. The van der Waals surface area contributed by atoms with Crippen LogP contribution >= 0.6 is 0 Å². The quantitative estimate of drug-likeness (QED) is 0.572. The zero-order valence-corrected chi connectivity index (χ0v) is 18.5. The van der Waals surface area contributed by atoms with Gasteiger partial charge in [0.2, 0.25) is 0 Å². The lowest BCUT2D eigenvalue weighted by Gasteiger charge is -2.42. The van der Waals surface area contributed by atoms with Gasteiger partial charge in [-0.15, -0.1) is 0 Å². The number of hydrogen-bond acceptors (Lipinski definition) is 4. The molecule has 3 saturated carbocycles. The second-order valence-electron chi connectivity index (χ2n) is 10.3. The molecule has 3 rings (SSSR count). The predicted molar refractivity (Wildman–Crippen MR) is 117 cm³/mol. The molecule has 3 N–H and O–H groups in total. The third kappa shape index (κ3) is 5.41. The molecular weight excluding hydrogens is 364 g/mol. The molecule has 0 spiro atoms. The third-order valence-electron chi connectivity index (χ3n) is 7.39. The Morgan fingerprint density at radius 3 is 2.72 bits per heavy atom. The average Bonchev–Trinajstić information content (AvgIpc) is 2.96. The van der Waals surface area contributed by atoms with Gasteiger partial charge in [0, 0.05) is 18.4 Å². The molecule has 29 heavy (non-hydrogen) atoms. The molecular formula is C25H40O4. The maximum absolute atomic E-state index is 10.1. The van der Waals surface area contributed by atoms with Gasteiger partial charge in [0.1, 0.15) is 0 Å². The molecule has 0 unspecified atom stereocenters. The molecule has 0 aliphatic heterocycles. The van der Waals surface area contributed by atoms with Crippen molar-refractivity contribution in [2.24, 2.45) is 11.3 Å². The number of ether oxygens (including phenoxy) is 1. The Morgan fingerprint density at radius 1 is 1.24 bits per heavy atom. The van der Waals surface area contributed by atoms with E-state index in [1.54, 1.807) is 0 Å². The molecule has 0 heterocycles. The Kier molecular flexibility index (Phi) is 7.10. The molecule has 0 radical (unpaired) electrons. The fourth-order valence-corrected chi connectivity index (χ4v) is 5.66. The van der Waals surface area contributed by atoms with Crippen LogP contribution in [0.25, 0.3) is 0 Å². The van der Waals surface area contributed by atoms with E-state index >= 15 is 0 Å². The van der Waals surface area contributed by atoms with Crippen LogP contribution in [0.1, 0.15) is 78.6 Å². The first-order valence-corrected chi connectivity index (χ1v) is 11.4. The number of rotatable bonds is 6. The van der Waals surface area contributed by atoms with E-state index in [2.05, 4.69) is 25.7 Å². The van der Waals surface area contributed by atoms with E-state index in [0.29, 0.717) is 24.9 Å². The Labute approximate surface area is 176 Å². The third-order valence-corrected chi connectivity index (χ3v) is 7.39. The van der Waals surface area contributed by atoms with Crippen LogP contribution in [-0.4, -0.2) is 45.8 Å². The summed E-state index contributed by atoms with van der Waals surface area (Å²) in [5, 5.41) is 30.0. The molecule has 4 nitrogen and oxygen atoms in total. The summed E-state index contributed by atoms with van der Waals surface area (Å²) in [6.45, 7) is 10.8. The number of fused-ring (bicyclic) bond motifs is 1. The van der Waals surface area contributed by atoms with Gasteiger partial charge in [-0.2, -0.15) is 0 Å². The van der Waals surface area contributed by atoms with E-state index in [1.165, 1.54) is 18.4 Å². The fourth-order valence-electron chi connectivity index (χ4n) is 5.66. The molecule has 5 atom stereocenters. The van der Waals surface area contributed by atoms with E-state index in [-0.39, 0.29) is 5.41 Å². The standard InChI is InChI=1S/C25H40O4/c1-17-19(15-20(26)16-22(17)27)9-8-18-7-5-13-25(4)21(18)10-11-23(25)29-14-6-12-24(2,3)28/h8-9,20-23,26-28H,1,5-7,10-16H2,2-4H3/b18-8+,19-9-/t20-,21+,22+,23+,25+/m1/s1. The van der Waals surface area contributed by atoms with Crippen LogP contribution in [0.15, 0.2) is 35.5 Å². The Morgan fingerprint density at radius 2 is 2.00 bits per heavy atom. The second kappa shape index (κ2) is 9.05. The summed E-state index contributed by atoms with van der Waals surface area (Å²) >= 11 is 0. The van der Waals surface area contributed by atoms with E-state index < -0.39 is 17.8 Å². The van der Waals surface area contributed by atoms with E-state index in [9.17, 15) is 15.3 Å². The van der Waals surface area contributed by atoms with Gasteiger partial charge >= 0.3 is 0 Å². The summed E-state index contributed by atoms with van der Waals surface area (Å²) in [5.41, 5.74) is 2.78. The van der Waals surface area contributed by atoms with Crippen LogP contribution in [0.3, 0.4) is 0 Å². The lowest BCUT2D eigenvalue weighted by atomic mass is 9.66. The highest BCUT2D eigenvalue weighted by Gasteiger charge is 2.49. The summed E-state index contributed by atoms with van der Waals surface area (Å²) < 4.78 is 6.32. The normalized spacial score (nSPS) is 38.6. The Balaban J connectivity index is 1.65. The van der Waals surface area contributed by atoms with Crippen molar-refractivity contribution in [2.75, 3.05) is 6.61 Å². The lowest BCUT2D eigenvalue weighted by molar-refractivity contribution is -0.0408.